The van der Waals surface area contributed by atoms with E-state index in [-0.39, 0.29) is 0 Å². The van der Waals surface area contributed by atoms with Gasteiger partial charge in [0.25, 0.3) is 0 Å². The molecule has 0 saturated heterocycles. The van der Waals surface area contributed by atoms with E-state index in [0.717, 1.165) is 18.8 Å². The highest BCUT2D eigenvalue weighted by Gasteiger charge is 2.19. The second-order valence-corrected chi connectivity index (χ2v) is 3.77. The maximum absolute atomic E-state index is 5.41. The largest absolute Gasteiger partial charge is 0.490 e. The van der Waals surface area contributed by atoms with Gasteiger partial charge in [-0.25, -0.2) is 15.8 Å². The van der Waals surface area contributed by atoms with Crippen LogP contribution in [0.5, 0.6) is 5.75 Å². The van der Waals surface area contributed by atoms with Gasteiger partial charge in [-0.2, -0.15) is 0 Å². The molecule has 1 atom stereocenters. The van der Waals surface area contributed by atoms with Crippen molar-refractivity contribution in [1.29, 1.82) is 0 Å². The first-order valence-corrected chi connectivity index (χ1v) is 5.81. The zero-order valence-corrected chi connectivity index (χ0v) is 10.9. The fraction of sp³-hybridized carbons (Fsp3) is 0.636. The van der Waals surface area contributed by atoms with E-state index in [1.54, 1.807) is 7.11 Å². The van der Waals surface area contributed by atoms with E-state index in [1.165, 1.54) is 6.33 Å². The van der Waals surface area contributed by atoms with Crippen molar-refractivity contribution in [2.75, 3.05) is 24.0 Å². The van der Waals surface area contributed by atoms with Gasteiger partial charge in [-0.1, -0.05) is 6.92 Å². The van der Waals surface area contributed by atoms with Crippen LogP contribution in [0.25, 0.3) is 0 Å². The number of anilines is 2. The third-order valence-corrected chi connectivity index (χ3v) is 2.86. The molecule has 0 radical (unpaired) electrons. The number of hydrazine groups is 1. The Morgan fingerprint density at radius 1 is 1.47 bits per heavy atom. The molecule has 1 aromatic heterocycles. The minimum absolute atomic E-state index is 0.384. The average molecular weight is 239 g/mol. The maximum atomic E-state index is 5.41. The molecule has 6 heteroatoms. The smallest absolute Gasteiger partial charge is 0.205 e. The number of rotatable bonds is 6. The molecule has 3 N–H and O–H groups in total. The number of nitrogen functional groups attached to an aromatic ring is 1. The minimum atomic E-state index is 0.384. The molecule has 17 heavy (non-hydrogen) atoms. The van der Waals surface area contributed by atoms with E-state index in [4.69, 9.17) is 10.6 Å². The minimum Gasteiger partial charge on any atom is -0.490 e. The van der Waals surface area contributed by atoms with Crippen molar-refractivity contribution in [2.24, 2.45) is 5.84 Å². The third-order valence-electron chi connectivity index (χ3n) is 2.86. The summed E-state index contributed by atoms with van der Waals surface area (Å²) in [5, 5.41) is 0. The molecule has 1 unspecified atom stereocenters. The van der Waals surface area contributed by atoms with E-state index < -0.39 is 0 Å². The molecule has 0 amide bonds. The maximum Gasteiger partial charge on any atom is 0.205 e. The molecule has 0 bridgehead atoms. The number of ether oxygens (including phenoxy) is 1. The molecule has 0 aliphatic rings. The molecule has 6 nitrogen and oxygen atoms in total. The van der Waals surface area contributed by atoms with Gasteiger partial charge in [-0.15, -0.1) is 0 Å². The zero-order valence-electron chi connectivity index (χ0n) is 10.9. The highest BCUT2D eigenvalue weighted by molar-refractivity contribution is 5.64. The Morgan fingerprint density at radius 2 is 2.18 bits per heavy atom. The van der Waals surface area contributed by atoms with E-state index in [2.05, 4.69) is 41.1 Å². The normalized spacial score (nSPS) is 12.1. The van der Waals surface area contributed by atoms with Crippen LogP contribution in [0.1, 0.15) is 27.2 Å². The summed E-state index contributed by atoms with van der Waals surface area (Å²) in [4.78, 5) is 10.5. The van der Waals surface area contributed by atoms with Crippen LogP contribution in [0.2, 0.25) is 0 Å². The van der Waals surface area contributed by atoms with Gasteiger partial charge in [0.15, 0.2) is 11.6 Å². The van der Waals surface area contributed by atoms with Gasteiger partial charge in [0.05, 0.1) is 7.11 Å². The molecule has 96 valence electrons. The number of nitrogens with one attached hydrogen (secondary N) is 1. The van der Waals surface area contributed by atoms with E-state index in [1.807, 2.05) is 0 Å². The van der Waals surface area contributed by atoms with Crippen LogP contribution in [0.4, 0.5) is 11.6 Å². The fourth-order valence-electron chi connectivity index (χ4n) is 1.75. The van der Waals surface area contributed by atoms with Crippen molar-refractivity contribution in [3.05, 3.63) is 6.33 Å². The van der Waals surface area contributed by atoms with Gasteiger partial charge in [0, 0.05) is 12.6 Å². The molecule has 1 aromatic rings. The summed E-state index contributed by atoms with van der Waals surface area (Å²) in [6.45, 7) is 7.24. The Hall–Kier alpha value is -1.56. The van der Waals surface area contributed by atoms with Gasteiger partial charge in [-0.05, 0) is 20.3 Å². The average Bonchev–Trinajstić information content (AvgIpc) is 2.38. The van der Waals surface area contributed by atoms with Crippen LogP contribution in [0.15, 0.2) is 6.33 Å². The summed E-state index contributed by atoms with van der Waals surface area (Å²) >= 11 is 0. The number of hydrogen-bond acceptors (Lipinski definition) is 6. The zero-order chi connectivity index (χ0) is 12.8. The fourth-order valence-corrected chi connectivity index (χ4v) is 1.75. The van der Waals surface area contributed by atoms with Crippen LogP contribution in [-0.2, 0) is 0 Å². The van der Waals surface area contributed by atoms with Crippen molar-refractivity contribution < 1.29 is 4.74 Å². The Morgan fingerprint density at radius 3 is 2.65 bits per heavy atom. The van der Waals surface area contributed by atoms with Gasteiger partial charge in [0.1, 0.15) is 6.33 Å². The summed E-state index contributed by atoms with van der Waals surface area (Å²) in [7, 11) is 1.59. The lowest BCUT2D eigenvalue weighted by molar-refractivity contribution is 0.410. The number of hydrogen-bond donors (Lipinski definition) is 2. The standard InChI is InChI=1S/C11H21N5O/c1-5-8(3)16(6-2)11-9(17-4)10(15-12)13-7-14-11/h7-8H,5-6,12H2,1-4H3,(H,13,14,15). The highest BCUT2D eigenvalue weighted by atomic mass is 16.5. The van der Waals surface area contributed by atoms with Crippen LogP contribution >= 0.6 is 0 Å². The Bertz CT molecular complexity index is 358. The molecule has 0 aromatic carbocycles. The summed E-state index contributed by atoms with van der Waals surface area (Å²) in [6.07, 6.45) is 2.52. The molecular formula is C11H21N5O. The van der Waals surface area contributed by atoms with E-state index >= 15 is 0 Å². The number of methoxy groups -OCH3 is 1. The van der Waals surface area contributed by atoms with Crippen molar-refractivity contribution in [3.63, 3.8) is 0 Å². The number of nitrogens with two attached hydrogens (primary N) is 1. The summed E-state index contributed by atoms with van der Waals surface area (Å²) in [6, 6.07) is 0.384. The highest BCUT2D eigenvalue weighted by Crippen LogP contribution is 2.32. The second-order valence-electron chi connectivity index (χ2n) is 3.77. The molecule has 1 heterocycles. The Balaban J connectivity index is 3.18. The lowest BCUT2D eigenvalue weighted by atomic mass is 10.2. The predicted octanol–water partition coefficient (Wildman–Crippen LogP) is 1.40. The second kappa shape index (κ2) is 6.24. The van der Waals surface area contributed by atoms with Gasteiger partial charge in [0.2, 0.25) is 5.75 Å². The molecule has 0 spiro atoms. The molecular weight excluding hydrogens is 218 g/mol. The first-order valence-electron chi connectivity index (χ1n) is 5.81. The molecule has 0 aliphatic heterocycles. The summed E-state index contributed by atoms with van der Waals surface area (Å²) in [5.41, 5.74) is 2.52. The van der Waals surface area contributed by atoms with Gasteiger partial charge < -0.3 is 15.1 Å². The lowest BCUT2D eigenvalue weighted by Crippen LogP contribution is -2.33. The number of aromatic nitrogens is 2. The van der Waals surface area contributed by atoms with Crippen LogP contribution in [-0.4, -0.2) is 29.7 Å². The van der Waals surface area contributed by atoms with E-state index in [9.17, 15) is 0 Å². The third kappa shape index (κ3) is 2.76. The summed E-state index contributed by atoms with van der Waals surface area (Å²) < 4.78 is 5.34. The number of nitrogens with zero attached hydrogens (tertiary/aromatic N) is 3. The first kappa shape index (κ1) is 13.5. The van der Waals surface area contributed by atoms with Crippen LogP contribution in [0, 0.1) is 0 Å². The molecule has 1 rings (SSSR count). The van der Waals surface area contributed by atoms with Crippen molar-refractivity contribution in [3.8, 4) is 5.75 Å². The topological polar surface area (TPSA) is 76.3 Å². The predicted molar refractivity (Wildman–Crippen MR) is 69.2 cm³/mol. The summed E-state index contributed by atoms with van der Waals surface area (Å²) in [5.74, 6) is 7.26. The van der Waals surface area contributed by atoms with Crippen molar-refractivity contribution in [1.82, 2.24) is 9.97 Å². The van der Waals surface area contributed by atoms with Crippen molar-refractivity contribution in [2.45, 2.75) is 33.2 Å². The Labute approximate surface area is 102 Å². The molecule has 0 saturated carbocycles. The van der Waals surface area contributed by atoms with Crippen LogP contribution in [0.3, 0.4) is 0 Å². The van der Waals surface area contributed by atoms with Gasteiger partial charge in [-0.3, -0.25) is 0 Å². The first-order chi connectivity index (χ1) is 8.19. The molecule has 0 fully saturated rings. The van der Waals surface area contributed by atoms with Crippen molar-refractivity contribution >= 4 is 11.6 Å². The lowest BCUT2D eigenvalue weighted by Gasteiger charge is -2.29. The van der Waals surface area contributed by atoms with Gasteiger partial charge >= 0.3 is 0 Å². The SMILES string of the molecule is CCC(C)N(CC)c1ncnc(NN)c1OC. The van der Waals surface area contributed by atoms with Crippen LogP contribution < -0.4 is 20.9 Å². The quantitative estimate of drug-likeness (QED) is 0.577. The monoisotopic (exact) mass is 239 g/mol. The molecule has 0 aliphatic carbocycles. The Kier molecular flexibility index (Phi) is 4.96. The van der Waals surface area contributed by atoms with E-state index in [0.29, 0.717) is 17.6 Å².